The number of likely N-dealkylation sites (N-methyl/N-ethyl adjacent to an activating group) is 2. The summed E-state index contributed by atoms with van der Waals surface area (Å²) in [7, 11) is 7.40. The van der Waals surface area contributed by atoms with E-state index in [-0.39, 0.29) is 12.5 Å². The molecule has 1 fully saturated rings. The summed E-state index contributed by atoms with van der Waals surface area (Å²) in [5, 5.41) is 7.53. The molecule has 3 N–H and O–H groups in total. The highest BCUT2D eigenvalue weighted by atomic mass is 35.5. The summed E-state index contributed by atoms with van der Waals surface area (Å²) in [5.74, 6) is -0.624. The van der Waals surface area contributed by atoms with Crippen molar-refractivity contribution >= 4 is 68.9 Å². The Bertz CT molecular complexity index is 1700. The molecular weight excluding hydrogens is 622 g/mol. The quantitative estimate of drug-likeness (QED) is 0.181. The molecule has 238 valence electrons. The van der Waals surface area contributed by atoms with E-state index in [1.807, 2.05) is 61.4 Å². The van der Waals surface area contributed by atoms with Crippen molar-refractivity contribution < 1.29 is 18.7 Å². The number of hydrogen-bond donors (Lipinski definition) is 3. The summed E-state index contributed by atoms with van der Waals surface area (Å²) >= 11 is 12.0. The summed E-state index contributed by atoms with van der Waals surface area (Å²) in [6.07, 6.45) is 4.32. The van der Waals surface area contributed by atoms with Gasteiger partial charge in [-0.15, -0.1) is 0 Å². The average Bonchev–Trinajstić information content (AvgIpc) is 3.68. The Morgan fingerprint density at radius 1 is 1.20 bits per heavy atom. The molecule has 45 heavy (non-hydrogen) atoms. The topological polar surface area (TPSA) is 119 Å². The molecular formula is C31H35Cl2FN8O3. The second kappa shape index (κ2) is 13.9. The van der Waals surface area contributed by atoms with Gasteiger partial charge in [-0.3, -0.25) is 9.59 Å². The second-order valence-electron chi connectivity index (χ2n) is 11.0. The van der Waals surface area contributed by atoms with Gasteiger partial charge in [0.25, 0.3) is 11.5 Å². The molecule has 1 unspecified atom stereocenters. The number of carbonyl (C=O) groups excluding carboxylic acids is 2. The molecule has 1 aliphatic heterocycles. The third-order valence-electron chi connectivity index (χ3n) is 7.73. The van der Waals surface area contributed by atoms with E-state index in [9.17, 15) is 14.0 Å². The van der Waals surface area contributed by atoms with Crippen molar-refractivity contribution in [2.45, 2.75) is 24.5 Å². The van der Waals surface area contributed by atoms with Gasteiger partial charge in [0, 0.05) is 55.4 Å². The molecule has 0 aliphatic carbocycles. The van der Waals surface area contributed by atoms with E-state index in [0.29, 0.717) is 52.9 Å². The lowest BCUT2D eigenvalue weighted by Gasteiger charge is -2.28. The van der Waals surface area contributed by atoms with E-state index in [4.69, 9.17) is 32.9 Å². The van der Waals surface area contributed by atoms with E-state index in [1.165, 1.54) is 11.1 Å². The standard InChI is InChI=1S/C31H35Cl2FN8O3/c1-40(2)12-13-41(3)25-15-26(45-4)23(14-22(25)37-29(43)24-10-7-11-42(24)30(44)28(33)34)38-31-36-17-20(32)27(39-31)19-16-35-21-9-6-5-8-18(19)21/h5-6,8-9,14-17,24,28,35H,7,10-13H2,1-4H3,(H,37,43)(H,36,38,39)/t24-,28?/m0/s1. The van der Waals surface area contributed by atoms with E-state index < -0.39 is 23.5 Å². The molecule has 4 aromatic rings. The fourth-order valence-electron chi connectivity index (χ4n) is 5.37. The zero-order valence-corrected chi connectivity index (χ0v) is 26.9. The van der Waals surface area contributed by atoms with Crippen LogP contribution in [-0.2, 0) is 9.59 Å². The summed E-state index contributed by atoms with van der Waals surface area (Å²) < 4.78 is 19.4. The number of H-pyrrole nitrogens is 1. The molecule has 2 aromatic carbocycles. The third kappa shape index (κ3) is 7.08. The highest BCUT2D eigenvalue weighted by molar-refractivity contribution is 6.33. The minimum absolute atomic E-state index is 0.252. The van der Waals surface area contributed by atoms with Crippen molar-refractivity contribution in [2.75, 3.05) is 63.4 Å². The molecule has 2 amide bonds. The number of para-hydroxylation sites is 1. The number of ether oxygens (including phenoxy) is 1. The van der Waals surface area contributed by atoms with Crippen LogP contribution in [0.3, 0.4) is 0 Å². The summed E-state index contributed by atoms with van der Waals surface area (Å²) in [5.41, 5.74) is 1.71. The number of anilines is 4. The van der Waals surface area contributed by atoms with Crippen LogP contribution in [0.2, 0.25) is 5.02 Å². The van der Waals surface area contributed by atoms with Gasteiger partial charge in [-0.2, -0.15) is 0 Å². The number of carbonyl (C=O) groups is 2. The first-order chi connectivity index (χ1) is 21.6. The minimum Gasteiger partial charge on any atom is -0.494 e. The highest BCUT2D eigenvalue weighted by Gasteiger charge is 2.37. The van der Waals surface area contributed by atoms with Crippen LogP contribution in [0.5, 0.6) is 5.75 Å². The number of likely N-dealkylation sites (tertiary alicyclic amines) is 1. The third-order valence-corrected chi connectivity index (χ3v) is 8.19. The van der Waals surface area contributed by atoms with Crippen molar-refractivity contribution in [1.82, 2.24) is 24.8 Å². The Kier molecular flexibility index (Phi) is 9.96. The number of aromatic amines is 1. The maximum absolute atomic E-state index is 13.7. The first-order valence-corrected chi connectivity index (χ1v) is 15.2. The van der Waals surface area contributed by atoms with Crippen LogP contribution in [0.1, 0.15) is 12.8 Å². The van der Waals surface area contributed by atoms with Crippen LogP contribution >= 0.6 is 23.2 Å². The number of halogens is 3. The summed E-state index contributed by atoms with van der Waals surface area (Å²) in [4.78, 5) is 43.5. The smallest absolute Gasteiger partial charge is 0.273 e. The van der Waals surface area contributed by atoms with Crippen molar-refractivity contribution in [2.24, 2.45) is 0 Å². The van der Waals surface area contributed by atoms with Gasteiger partial charge >= 0.3 is 0 Å². The number of nitrogens with one attached hydrogen (secondary N) is 3. The number of nitrogens with zero attached hydrogens (tertiary/aromatic N) is 5. The lowest BCUT2D eigenvalue weighted by atomic mass is 10.1. The van der Waals surface area contributed by atoms with Crippen molar-refractivity contribution in [1.29, 1.82) is 0 Å². The molecule has 1 saturated heterocycles. The summed E-state index contributed by atoms with van der Waals surface area (Å²) in [6, 6.07) is 10.5. The van der Waals surface area contributed by atoms with Gasteiger partial charge < -0.3 is 35.1 Å². The number of hydrogen-bond acceptors (Lipinski definition) is 8. The molecule has 14 heteroatoms. The zero-order valence-electron chi connectivity index (χ0n) is 25.4. The maximum Gasteiger partial charge on any atom is 0.273 e. The van der Waals surface area contributed by atoms with Crippen LogP contribution in [-0.4, -0.2) is 96.1 Å². The molecule has 5 rings (SSSR count). The van der Waals surface area contributed by atoms with Crippen molar-refractivity contribution in [3.8, 4) is 17.0 Å². The summed E-state index contributed by atoms with van der Waals surface area (Å²) in [6.45, 7) is 1.64. The van der Waals surface area contributed by atoms with Crippen LogP contribution in [0.15, 0.2) is 48.8 Å². The number of rotatable bonds is 11. The number of aromatic nitrogens is 3. The first-order valence-electron chi connectivity index (χ1n) is 14.4. The maximum atomic E-state index is 13.7. The van der Waals surface area contributed by atoms with Crippen LogP contribution in [0.25, 0.3) is 22.2 Å². The molecule has 11 nitrogen and oxygen atoms in total. The number of methoxy groups -OCH3 is 1. The second-order valence-corrected chi connectivity index (χ2v) is 11.8. The fraction of sp³-hybridized carbons (Fsp3) is 0.355. The van der Waals surface area contributed by atoms with E-state index >= 15 is 0 Å². The zero-order chi connectivity index (χ0) is 32.2. The lowest BCUT2D eigenvalue weighted by Crippen LogP contribution is -2.45. The van der Waals surface area contributed by atoms with Crippen LogP contribution in [0, 0.1) is 0 Å². The van der Waals surface area contributed by atoms with Crippen molar-refractivity contribution in [3.63, 3.8) is 0 Å². The highest BCUT2D eigenvalue weighted by Crippen LogP contribution is 2.39. The van der Waals surface area contributed by atoms with Gasteiger partial charge in [0.1, 0.15) is 11.8 Å². The van der Waals surface area contributed by atoms with Gasteiger partial charge in [-0.25, -0.2) is 14.4 Å². The predicted octanol–water partition coefficient (Wildman–Crippen LogP) is 5.49. The van der Waals surface area contributed by atoms with Crippen molar-refractivity contribution in [3.05, 3.63) is 53.8 Å². The Morgan fingerprint density at radius 3 is 2.71 bits per heavy atom. The predicted molar refractivity (Wildman–Crippen MR) is 177 cm³/mol. The molecule has 2 aromatic heterocycles. The fourth-order valence-corrected chi connectivity index (χ4v) is 5.69. The Morgan fingerprint density at radius 2 is 1.98 bits per heavy atom. The SMILES string of the molecule is COc1cc(N(C)CCN(C)C)c(NC(=O)[C@@H]2CCCN2C(=O)C(F)Cl)cc1Nc1ncc(Cl)c(-c2c[nH]c3ccccc23)n1. The lowest BCUT2D eigenvalue weighted by molar-refractivity contribution is -0.138. The van der Waals surface area contributed by atoms with E-state index in [0.717, 1.165) is 23.0 Å². The molecule has 3 heterocycles. The monoisotopic (exact) mass is 656 g/mol. The van der Waals surface area contributed by atoms with Gasteiger partial charge in [0.05, 0.1) is 41.1 Å². The number of benzene rings is 2. The molecule has 0 bridgehead atoms. The largest absolute Gasteiger partial charge is 0.494 e. The van der Waals surface area contributed by atoms with Gasteiger partial charge in [0.15, 0.2) is 0 Å². The Labute approximate surface area is 270 Å². The molecule has 0 saturated carbocycles. The average molecular weight is 658 g/mol. The Hall–Kier alpha value is -4.13. The van der Waals surface area contributed by atoms with Gasteiger partial charge in [0.2, 0.25) is 11.9 Å². The molecule has 0 radical (unpaired) electrons. The number of alkyl halides is 2. The Balaban J connectivity index is 1.50. The van der Waals surface area contributed by atoms with E-state index in [1.54, 1.807) is 19.2 Å². The first kappa shape index (κ1) is 32.3. The normalized spacial score (nSPS) is 15.4. The molecule has 0 spiro atoms. The number of fused-ring (bicyclic) bond motifs is 1. The van der Waals surface area contributed by atoms with Crippen LogP contribution < -0.4 is 20.3 Å². The molecule has 2 atom stereocenters. The van der Waals surface area contributed by atoms with E-state index in [2.05, 4.69) is 20.6 Å². The minimum atomic E-state index is -2.21. The van der Waals surface area contributed by atoms with Gasteiger partial charge in [-0.1, -0.05) is 41.4 Å². The van der Waals surface area contributed by atoms with Crippen LogP contribution in [0.4, 0.5) is 27.4 Å². The van der Waals surface area contributed by atoms with Gasteiger partial charge in [-0.05, 0) is 39.1 Å². The number of amides is 2. The molecule has 1 aliphatic rings.